The van der Waals surface area contributed by atoms with Crippen molar-refractivity contribution in [2.24, 2.45) is 0 Å². The lowest BCUT2D eigenvalue weighted by atomic mass is 10.0. The zero-order valence-electron chi connectivity index (χ0n) is 15.6. The van der Waals surface area contributed by atoms with Gasteiger partial charge in [0.25, 0.3) is 0 Å². The number of carbonyl (C=O) groups excluding carboxylic acids is 1. The third-order valence-electron chi connectivity index (χ3n) is 4.85. The molecule has 158 valence electrons. The number of halogens is 3. The van der Waals surface area contributed by atoms with Crippen molar-refractivity contribution < 1.29 is 17.9 Å². The Labute approximate surface area is 189 Å². The number of benzene rings is 1. The van der Waals surface area contributed by atoms with Crippen molar-refractivity contribution in [3.63, 3.8) is 0 Å². The van der Waals surface area contributed by atoms with Gasteiger partial charge in [-0.3, -0.25) is 4.90 Å². The van der Waals surface area contributed by atoms with Gasteiger partial charge >= 0.3 is 6.09 Å². The van der Waals surface area contributed by atoms with E-state index < -0.39 is 16.1 Å². The van der Waals surface area contributed by atoms with Crippen LogP contribution < -0.4 is 4.90 Å². The van der Waals surface area contributed by atoms with E-state index in [0.29, 0.717) is 31.8 Å². The van der Waals surface area contributed by atoms with Crippen LogP contribution in [-0.2, 0) is 21.4 Å². The first-order valence-corrected chi connectivity index (χ1v) is 12.4. The summed E-state index contributed by atoms with van der Waals surface area (Å²) >= 11 is 15.0. The van der Waals surface area contributed by atoms with Crippen molar-refractivity contribution in [1.82, 2.24) is 4.31 Å². The summed E-state index contributed by atoms with van der Waals surface area (Å²) in [6.45, 7) is 0.884. The quantitative estimate of drug-likeness (QED) is 0.403. The maximum atomic E-state index is 12.7. The van der Waals surface area contributed by atoms with Gasteiger partial charge in [0.05, 0.1) is 5.69 Å². The van der Waals surface area contributed by atoms with Crippen LogP contribution in [0.3, 0.4) is 0 Å². The summed E-state index contributed by atoms with van der Waals surface area (Å²) in [5.74, 6) is 0.0778. The summed E-state index contributed by atoms with van der Waals surface area (Å²) in [6.07, 6.45) is 5.50. The summed E-state index contributed by atoms with van der Waals surface area (Å²) < 4.78 is 33.0. The van der Waals surface area contributed by atoms with Gasteiger partial charge in [-0.05, 0) is 37.1 Å². The third-order valence-corrected chi connectivity index (χ3v) is 7.77. The zero-order chi connectivity index (χ0) is 21.0. The molecule has 1 amide bonds. The van der Waals surface area contributed by atoms with Crippen LogP contribution in [0.2, 0.25) is 0 Å². The van der Waals surface area contributed by atoms with Gasteiger partial charge in [-0.2, -0.15) is 0 Å². The minimum absolute atomic E-state index is 0.119. The van der Waals surface area contributed by atoms with Gasteiger partial charge in [0.2, 0.25) is 10.0 Å². The highest BCUT2D eigenvalue weighted by molar-refractivity contribution is 9.10. The number of piperidine rings is 1. The van der Waals surface area contributed by atoms with E-state index in [9.17, 15) is 13.2 Å². The molecule has 0 aromatic heterocycles. The van der Waals surface area contributed by atoms with Crippen molar-refractivity contribution in [3.8, 4) is 0 Å². The molecule has 10 heteroatoms. The second-order valence-electron chi connectivity index (χ2n) is 6.78. The van der Waals surface area contributed by atoms with Crippen LogP contribution in [0.5, 0.6) is 0 Å². The lowest BCUT2D eigenvalue weighted by Crippen LogP contribution is -2.50. The number of ether oxygens (including phenoxy) is 1. The molecular weight excluding hydrogens is 503 g/mol. The van der Waals surface area contributed by atoms with Gasteiger partial charge in [0.15, 0.2) is 0 Å². The molecular formula is C19H21BrCl2N2O4S. The van der Waals surface area contributed by atoms with Crippen LogP contribution in [0.1, 0.15) is 18.4 Å². The Hall–Kier alpha value is -1.06. The molecule has 0 atom stereocenters. The molecule has 1 saturated heterocycles. The van der Waals surface area contributed by atoms with Gasteiger partial charge in [0.1, 0.15) is 12.4 Å². The molecule has 0 N–H and O–H groups in total. The largest absolute Gasteiger partial charge is 0.444 e. The summed E-state index contributed by atoms with van der Waals surface area (Å²) in [5, 5.41) is 0.229. The molecule has 0 saturated carbocycles. The molecule has 1 aromatic rings. The van der Waals surface area contributed by atoms with Crippen LogP contribution in [0.15, 0.2) is 45.9 Å². The smallest absolute Gasteiger partial charge is 0.414 e. The third kappa shape index (κ3) is 5.55. The first-order valence-electron chi connectivity index (χ1n) is 9.11. The monoisotopic (exact) mass is 522 g/mol. The van der Waals surface area contributed by atoms with Crippen LogP contribution in [0.25, 0.3) is 0 Å². The predicted molar refractivity (Wildman–Crippen MR) is 119 cm³/mol. The van der Waals surface area contributed by atoms with Crippen molar-refractivity contribution in [2.45, 2.75) is 25.5 Å². The molecule has 0 aliphatic carbocycles. The summed E-state index contributed by atoms with van der Waals surface area (Å²) in [7, 11) is -3.53. The van der Waals surface area contributed by atoms with Crippen LogP contribution in [-0.4, -0.2) is 49.6 Å². The Morgan fingerprint density at radius 2 is 2.03 bits per heavy atom. The van der Waals surface area contributed by atoms with E-state index >= 15 is 0 Å². The maximum Gasteiger partial charge on any atom is 0.414 e. The average molecular weight is 524 g/mol. The van der Waals surface area contributed by atoms with Gasteiger partial charge in [-0.1, -0.05) is 39.7 Å². The van der Waals surface area contributed by atoms with E-state index in [1.807, 2.05) is 18.2 Å². The predicted octanol–water partition coefficient (Wildman–Crippen LogP) is 4.62. The molecule has 2 aliphatic heterocycles. The minimum atomic E-state index is -3.53. The fraction of sp³-hybridized carbons (Fsp3) is 0.421. The second-order valence-corrected chi connectivity index (χ2v) is 10.5. The molecule has 1 fully saturated rings. The van der Waals surface area contributed by atoms with Crippen LogP contribution in [0, 0.1) is 0 Å². The number of alkyl halides is 1. The van der Waals surface area contributed by atoms with Crippen molar-refractivity contribution in [2.75, 3.05) is 29.6 Å². The fourth-order valence-electron chi connectivity index (χ4n) is 3.47. The average Bonchev–Trinajstić information content (AvgIpc) is 2.68. The Bertz CT molecular complexity index is 928. The number of allylic oxidation sites excluding steroid dienone is 3. The van der Waals surface area contributed by atoms with E-state index in [2.05, 4.69) is 15.9 Å². The molecule has 0 bridgehead atoms. The molecule has 2 heterocycles. The first-order chi connectivity index (χ1) is 13.8. The number of cyclic esters (lactones) is 1. The van der Waals surface area contributed by atoms with Crippen LogP contribution >= 0.6 is 39.1 Å². The normalized spacial score (nSPS) is 19.5. The van der Waals surface area contributed by atoms with Crippen LogP contribution in [0.4, 0.5) is 10.5 Å². The number of hydrogen-bond donors (Lipinski definition) is 0. The van der Waals surface area contributed by atoms with E-state index in [4.69, 9.17) is 27.9 Å². The molecule has 0 radical (unpaired) electrons. The second kappa shape index (κ2) is 9.83. The van der Waals surface area contributed by atoms with Crippen molar-refractivity contribution in [1.29, 1.82) is 0 Å². The molecule has 2 aliphatic rings. The number of amides is 1. The standard InChI is InChI=1S/C19H21BrCl2N2O4S/c20-15-4-5-18-14(11-15)12-28-19(25)24(18)17-6-9-23(10-7-17)29(26,27)13-16(22)3-1-2-8-21/h1-5,11,17H,6-10,12-13H2/b2-1-,16-3+. The lowest BCUT2D eigenvalue weighted by Gasteiger charge is -2.39. The lowest BCUT2D eigenvalue weighted by molar-refractivity contribution is 0.136. The molecule has 6 nitrogen and oxygen atoms in total. The molecule has 3 rings (SSSR count). The number of carbonyl (C=O) groups is 1. The minimum Gasteiger partial charge on any atom is -0.444 e. The highest BCUT2D eigenvalue weighted by atomic mass is 79.9. The fourth-order valence-corrected chi connectivity index (χ4v) is 5.87. The number of hydrogen-bond acceptors (Lipinski definition) is 4. The Kier molecular flexibility index (Phi) is 7.67. The Balaban J connectivity index is 1.67. The number of anilines is 1. The van der Waals surface area contributed by atoms with Gasteiger partial charge in [0, 0.05) is 40.1 Å². The van der Waals surface area contributed by atoms with Crippen molar-refractivity contribution in [3.05, 3.63) is 51.5 Å². The highest BCUT2D eigenvalue weighted by Crippen LogP contribution is 2.34. The Morgan fingerprint density at radius 3 is 2.72 bits per heavy atom. The zero-order valence-corrected chi connectivity index (χ0v) is 19.5. The van der Waals surface area contributed by atoms with Gasteiger partial charge < -0.3 is 4.74 Å². The summed E-state index contributed by atoms with van der Waals surface area (Å²) in [5.41, 5.74) is 1.75. The van der Waals surface area contributed by atoms with Gasteiger partial charge in [-0.15, -0.1) is 11.6 Å². The molecule has 0 spiro atoms. The number of rotatable bonds is 6. The number of nitrogens with zero attached hydrogens (tertiary/aromatic N) is 2. The van der Waals surface area contributed by atoms with Crippen molar-refractivity contribution >= 4 is 60.9 Å². The highest BCUT2D eigenvalue weighted by Gasteiger charge is 2.36. The number of fused-ring (bicyclic) bond motifs is 1. The summed E-state index contributed by atoms with van der Waals surface area (Å²) in [4.78, 5) is 14.1. The van der Waals surface area contributed by atoms with E-state index in [-0.39, 0.29) is 23.4 Å². The van der Waals surface area contributed by atoms with E-state index in [0.717, 1.165) is 15.7 Å². The summed E-state index contributed by atoms with van der Waals surface area (Å²) in [6, 6.07) is 5.59. The van der Waals surface area contributed by atoms with Gasteiger partial charge in [-0.25, -0.2) is 17.5 Å². The SMILES string of the molecule is O=C1OCc2cc(Br)ccc2N1C1CCN(S(=O)(=O)C/C(Cl)=C\C=C/CCl)CC1. The molecule has 1 aromatic carbocycles. The molecule has 29 heavy (non-hydrogen) atoms. The number of sulfonamides is 1. The maximum absolute atomic E-state index is 12.7. The van der Waals surface area contributed by atoms with E-state index in [1.165, 1.54) is 10.4 Å². The van der Waals surface area contributed by atoms with E-state index in [1.54, 1.807) is 17.1 Å². The molecule has 0 unspecified atom stereocenters. The first kappa shape index (κ1) is 22.6. The topological polar surface area (TPSA) is 66.9 Å². The Morgan fingerprint density at radius 1 is 1.31 bits per heavy atom.